The molecule has 1 atom stereocenters. The maximum atomic E-state index is 12.3. The minimum Gasteiger partial charge on any atom is -0.379 e. The highest BCUT2D eigenvalue weighted by molar-refractivity contribution is 7.86. The molecule has 2 heterocycles. The number of Topliss-reactive ketones (excluding diaryl/α,β-unsaturated/α-hetero) is 1. The average Bonchev–Trinajstić information content (AvgIpc) is 2.33. The van der Waals surface area contributed by atoms with Gasteiger partial charge in [0, 0.05) is 38.5 Å². The van der Waals surface area contributed by atoms with Crippen LogP contribution in [0.15, 0.2) is 0 Å². The number of hydrogen-bond acceptors (Lipinski definition) is 4. The van der Waals surface area contributed by atoms with Gasteiger partial charge < -0.3 is 4.74 Å². The molecule has 2 fully saturated rings. The summed E-state index contributed by atoms with van der Waals surface area (Å²) >= 11 is 0. The molecule has 6 nitrogen and oxygen atoms in total. The van der Waals surface area contributed by atoms with Crippen LogP contribution < -0.4 is 0 Å². The average molecular weight is 262 g/mol. The number of rotatable bonds is 2. The summed E-state index contributed by atoms with van der Waals surface area (Å²) in [6.07, 6.45) is 0.324. The van der Waals surface area contributed by atoms with Crippen LogP contribution in [0.2, 0.25) is 0 Å². The number of ketones is 1. The van der Waals surface area contributed by atoms with Crippen molar-refractivity contribution in [3.63, 3.8) is 0 Å². The second kappa shape index (κ2) is 5.01. The Kier molecular flexibility index (Phi) is 3.82. The second-order valence-electron chi connectivity index (χ2n) is 4.49. The third-order valence-corrected chi connectivity index (χ3v) is 5.26. The molecule has 0 amide bonds. The summed E-state index contributed by atoms with van der Waals surface area (Å²) in [5.74, 6) is -0.0435. The van der Waals surface area contributed by atoms with Crippen molar-refractivity contribution < 1.29 is 17.9 Å². The molecule has 0 aromatic carbocycles. The Balaban J connectivity index is 2.07. The molecule has 0 aromatic rings. The van der Waals surface area contributed by atoms with E-state index < -0.39 is 10.2 Å². The lowest BCUT2D eigenvalue weighted by molar-refractivity contribution is -0.124. The monoisotopic (exact) mass is 262 g/mol. The predicted molar refractivity (Wildman–Crippen MR) is 61.7 cm³/mol. The van der Waals surface area contributed by atoms with E-state index in [1.165, 1.54) is 8.61 Å². The Bertz CT molecular complexity index is 389. The Morgan fingerprint density at radius 2 is 1.82 bits per heavy atom. The van der Waals surface area contributed by atoms with Crippen molar-refractivity contribution in [3.05, 3.63) is 0 Å². The van der Waals surface area contributed by atoms with Crippen LogP contribution in [-0.2, 0) is 19.7 Å². The Morgan fingerprint density at radius 1 is 1.18 bits per heavy atom. The first-order valence-electron chi connectivity index (χ1n) is 5.87. The third kappa shape index (κ3) is 2.67. The van der Waals surface area contributed by atoms with Crippen LogP contribution in [0.3, 0.4) is 0 Å². The zero-order valence-corrected chi connectivity index (χ0v) is 10.8. The molecule has 17 heavy (non-hydrogen) atoms. The van der Waals surface area contributed by atoms with Gasteiger partial charge in [0.25, 0.3) is 10.2 Å². The fourth-order valence-electron chi connectivity index (χ4n) is 2.13. The van der Waals surface area contributed by atoms with Crippen LogP contribution in [0.4, 0.5) is 0 Å². The molecule has 0 saturated carbocycles. The van der Waals surface area contributed by atoms with Crippen LogP contribution in [-0.4, -0.2) is 62.2 Å². The Labute approximate surface area is 102 Å². The summed E-state index contributed by atoms with van der Waals surface area (Å²) in [6, 6.07) is 0. The van der Waals surface area contributed by atoms with E-state index in [2.05, 4.69) is 0 Å². The molecule has 0 bridgehead atoms. The van der Waals surface area contributed by atoms with Gasteiger partial charge in [0.2, 0.25) is 0 Å². The summed E-state index contributed by atoms with van der Waals surface area (Å²) in [7, 11) is -3.41. The smallest absolute Gasteiger partial charge is 0.282 e. The molecule has 0 radical (unpaired) electrons. The first-order valence-corrected chi connectivity index (χ1v) is 7.27. The number of piperidine rings is 1. The minimum absolute atomic E-state index is 0.151. The molecule has 2 rings (SSSR count). The lowest BCUT2D eigenvalue weighted by atomic mass is 10.0. The molecular formula is C10H18N2O4S. The maximum absolute atomic E-state index is 12.3. The van der Waals surface area contributed by atoms with E-state index in [-0.39, 0.29) is 11.7 Å². The van der Waals surface area contributed by atoms with E-state index in [9.17, 15) is 13.2 Å². The van der Waals surface area contributed by atoms with Gasteiger partial charge in [-0.2, -0.15) is 17.0 Å². The third-order valence-electron chi connectivity index (χ3n) is 3.26. The Hall–Kier alpha value is -0.500. The highest BCUT2D eigenvalue weighted by Crippen LogP contribution is 2.19. The summed E-state index contributed by atoms with van der Waals surface area (Å²) < 4.78 is 32.6. The lowest BCUT2D eigenvalue weighted by Gasteiger charge is -2.35. The van der Waals surface area contributed by atoms with E-state index in [0.29, 0.717) is 45.8 Å². The van der Waals surface area contributed by atoms with Crippen molar-refractivity contribution in [1.82, 2.24) is 8.61 Å². The summed E-state index contributed by atoms with van der Waals surface area (Å²) in [6.45, 7) is 4.09. The van der Waals surface area contributed by atoms with Crippen LogP contribution in [0.1, 0.15) is 13.3 Å². The van der Waals surface area contributed by atoms with Crippen molar-refractivity contribution in [1.29, 1.82) is 0 Å². The molecule has 0 N–H and O–H groups in total. The molecule has 7 heteroatoms. The molecule has 1 unspecified atom stereocenters. The van der Waals surface area contributed by atoms with Crippen LogP contribution in [0.25, 0.3) is 0 Å². The van der Waals surface area contributed by atoms with Gasteiger partial charge >= 0.3 is 0 Å². The van der Waals surface area contributed by atoms with Crippen LogP contribution >= 0.6 is 0 Å². The summed E-state index contributed by atoms with van der Waals surface area (Å²) in [5, 5.41) is 0. The van der Waals surface area contributed by atoms with Crippen LogP contribution in [0, 0.1) is 5.92 Å². The van der Waals surface area contributed by atoms with Crippen molar-refractivity contribution in [2.45, 2.75) is 13.3 Å². The topological polar surface area (TPSA) is 66.9 Å². The number of hydrogen-bond donors (Lipinski definition) is 0. The van der Waals surface area contributed by atoms with Crippen molar-refractivity contribution in [3.8, 4) is 0 Å². The molecule has 0 spiro atoms. The largest absolute Gasteiger partial charge is 0.379 e. The van der Waals surface area contributed by atoms with E-state index in [1.807, 2.05) is 0 Å². The van der Waals surface area contributed by atoms with Gasteiger partial charge in [-0.05, 0) is 0 Å². The summed E-state index contributed by atoms with van der Waals surface area (Å²) in [5.41, 5.74) is 0. The molecule has 2 aliphatic rings. The van der Waals surface area contributed by atoms with Crippen molar-refractivity contribution in [2.24, 2.45) is 5.92 Å². The van der Waals surface area contributed by atoms with Gasteiger partial charge in [-0.25, -0.2) is 0 Å². The lowest BCUT2D eigenvalue weighted by Crippen LogP contribution is -2.52. The quantitative estimate of drug-likeness (QED) is 0.671. The highest BCUT2D eigenvalue weighted by Gasteiger charge is 2.35. The number of ether oxygens (including phenoxy) is 1. The first-order chi connectivity index (χ1) is 8.01. The minimum atomic E-state index is -3.41. The predicted octanol–water partition coefficient (Wildman–Crippen LogP) is -0.526. The zero-order valence-electron chi connectivity index (χ0n) is 9.96. The van der Waals surface area contributed by atoms with Crippen molar-refractivity contribution in [2.75, 3.05) is 39.4 Å². The normalized spacial score (nSPS) is 29.5. The molecular weight excluding hydrogens is 244 g/mol. The molecule has 0 aliphatic carbocycles. The van der Waals surface area contributed by atoms with E-state index in [1.54, 1.807) is 6.92 Å². The van der Waals surface area contributed by atoms with E-state index in [0.717, 1.165) is 0 Å². The highest BCUT2D eigenvalue weighted by atomic mass is 32.2. The fraction of sp³-hybridized carbons (Fsp3) is 0.900. The number of morpholine rings is 1. The second-order valence-corrected chi connectivity index (χ2v) is 6.42. The molecule has 2 saturated heterocycles. The van der Waals surface area contributed by atoms with Gasteiger partial charge in [0.15, 0.2) is 0 Å². The van der Waals surface area contributed by atoms with Crippen molar-refractivity contribution >= 4 is 16.0 Å². The number of nitrogens with zero attached hydrogens (tertiary/aromatic N) is 2. The zero-order chi connectivity index (χ0) is 12.5. The molecule has 98 valence electrons. The number of carbonyl (C=O) groups excluding carboxylic acids is 1. The van der Waals surface area contributed by atoms with Gasteiger partial charge in [0.05, 0.1) is 13.2 Å². The fourth-order valence-corrected chi connectivity index (χ4v) is 3.80. The first kappa shape index (κ1) is 12.9. The maximum Gasteiger partial charge on any atom is 0.282 e. The van der Waals surface area contributed by atoms with Gasteiger partial charge in [-0.1, -0.05) is 6.92 Å². The van der Waals surface area contributed by atoms with E-state index in [4.69, 9.17) is 4.74 Å². The van der Waals surface area contributed by atoms with Gasteiger partial charge in [-0.3, -0.25) is 4.79 Å². The number of carbonyl (C=O) groups is 1. The summed E-state index contributed by atoms with van der Waals surface area (Å²) in [4.78, 5) is 11.4. The van der Waals surface area contributed by atoms with Gasteiger partial charge in [0.1, 0.15) is 5.78 Å². The Morgan fingerprint density at radius 3 is 2.41 bits per heavy atom. The van der Waals surface area contributed by atoms with Crippen LogP contribution in [0.5, 0.6) is 0 Å². The van der Waals surface area contributed by atoms with E-state index >= 15 is 0 Å². The molecule has 0 aromatic heterocycles. The SMILES string of the molecule is CC1CN(S(=O)(=O)N2CCOCC2)CCC1=O. The standard InChI is InChI=1S/C10H18N2O4S/c1-9-8-12(3-2-10(9)13)17(14,15)11-4-6-16-7-5-11/h9H,2-8H2,1H3. The van der Waals surface area contributed by atoms with Gasteiger partial charge in [-0.15, -0.1) is 0 Å². The molecule has 2 aliphatic heterocycles.